The van der Waals surface area contributed by atoms with Crippen molar-refractivity contribution in [3.8, 4) is 0 Å². The lowest BCUT2D eigenvalue weighted by Gasteiger charge is -2.40. The molecule has 8 atom stereocenters. The second-order valence-corrected chi connectivity index (χ2v) is 16.7. The molecule has 0 radical (unpaired) electrons. The maximum atomic E-state index is 13.8. The van der Waals surface area contributed by atoms with Crippen LogP contribution in [0.25, 0.3) is 0 Å². The molecule has 0 saturated heterocycles. The number of carbonyl (C=O) groups is 1. The van der Waals surface area contributed by atoms with Crippen molar-refractivity contribution < 1.29 is 17.9 Å². The summed E-state index contributed by atoms with van der Waals surface area (Å²) >= 11 is 0. The average Bonchev–Trinajstić information content (AvgIpc) is 3.69. The summed E-state index contributed by atoms with van der Waals surface area (Å²) in [6.45, 7) is 8.39. The van der Waals surface area contributed by atoms with Gasteiger partial charge < -0.3 is 9.53 Å². The van der Waals surface area contributed by atoms with Gasteiger partial charge in [-0.2, -0.15) is 3.85 Å². The number of allylic oxidation sites excluding steroid dienone is 1. The summed E-state index contributed by atoms with van der Waals surface area (Å²) in [5.74, 6) is 0.573. The molecular weight excluding hydrogens is 472 g/mol. The molecule has 0 amide bonds. The van der Waals surface area contributed by atoms with Crippen LogP contribution in [-0.2, 0) is 19.6 Å². The molecule has 33 heavy (non-hydrogen) atoms. The summed E-state index contributed by atoms with van der Waals surface area (Å²) in [4.78, 5) is 11.4. The molecule has 0 spiro atoms. The molecule has 0 aromatic rings. The smallest absolute Gasteiger partial charge is 0.223 e. The fourth-order valence-corrected chi connectivity index (χ4v) is 12.0. The SMILES string of the molecule is CCCC(/C=C(\CC)[C@H](OC)[C@@H]1CC[C@H]1C=O)[C@H](C)[C@@H](C)S(=O)(=O)N(PC1CC1)PC1CC1. The molecule has 0 aromatic heterocycles. The minimum absolute atomic E-state index is 0.0350. The van der Waals surface area contributed by atoms with Crippen LogP contribution in [-0.4, -0.2) is 48.3 Å². The quantitative estimate of drug-likeness (QED) is 0.140. The van der Waals surface area contributed by atoms with Crippen molar-refractivity contribution in [3.05, 3.63) is 11.6 Å². The highest BCUT2D eigenvalue weighted by molar-refractivity contribution is 7.98. The molecule has 0 bridgehead atoms. The predicted molar refractivity (Wildman–Crippen MR) is 142 cm³/mol. The first kappa shape index (κ1) is 27.7. The number of carbonyl (C=O) groups excluding carboxylic acids is 1. The maximum absolute atomic E-state index is 13.8. The minimum atomic E-state index is -3.31. The highest BCUT2D eigenvalue weighted by Crippen LogP contribution is 2.55. The van der Waals surface area contributed by atoms with Gasteiger partial charge in [-0.1, -0.05) is 33.3 Å². The van der Waals surface area contributed by atoms with Crippen LogP contribution in [0.5, 0.6) is 0 Å². The van der Waals surface area contributed by atoms with Gasteiger partial charge in [-0.25, -0.2) is 8.42 Å². The third-order valence-corrected chi connectivity index (χ3v) is 15.1. The van der Waals surface area contributed by atoms with Crippen LogP contribution in [0, 0.1) is 23.7 Å². The third kappa shape index (κ3) is 7.10. The molecule has 5 nitrogen and oxygen atoms in total. The van der Waals surface area contributed by atoms with Gasteiger partial charge in [0.2, 0.25) is 10.0 Å². The Morgan fingerprint density at radius 1 is 1.06 bits per heavy atom. The molecule has 3 aliphatic carbocycles. The number of hydrogen-bond donors (Lipinski definition) is 0. The Kier molecular flexibility index (Phi) is 10.4. The Hall–Kier alpha value is 0.140. The Morgan fingerprint density at radius 2 is 1.67 bits per heavy atom. The van der Waals surface area contributed by atoms with Gasteiger partial charge in [0.05, 0.1) is 11.4 Å². The van der Waals surface area contributed by atoms with Gasteiger partial charge >= 0.3 is 0 Å². The molecule has 3 saturated carbocycles. The van der Waals surface area contributed by atoms with E-state index in [-0.39, 0.29) is 29.8 Å². The topological polar surface area (TPSA) is 63.7 Å². The Bertz CT molecular complexity index is 767. The van der Waals surface area contributed by atoms with Crippen molar-refractivity contribution in [3.63, 3.8) is 0 Å². The molecule has 0 N–H and O–H groups in total. The van der Waals surface area contributed by atoms with E-state index in [4.69, 9.17) is 4.74 Å². The summed E-state index contributed by atoms with van der Waals surface area (Å²) in [5.41, 5.74) is 2.44. The fourth-order valence-electron chi connectivity index (χ4n) is 4.94. The van der Waals surface area contributed by atoms with Gasteiger partial charge in [0.1, 0.15) is 6.29 Å². The van der Waals surface area contributed by atoms with E-state index in [0.717, 1.165) is 38.4 Å². The molecule has 0 aromatic carbocycles. The molecule has 0 heterocycles. The van der Waals surface area contributed by atoms with Crippen LogP contribution in [0.2, 0.25) is 0 Å². The fraction of sp³-hybridized carbons (Fsp3) is 0.880. The Morgan fingerprint density at radius 3 is 2.06 bits per heavy atom. The zero-order chi connectivity index (χ0) is 24.2. The van der Waals surface area contributed by atoms with E-state index in [1.165, 1.54) is 31.3 Å². The minimum Gasteiger partial charge on any atom is -0.377 e. The van der Waals surface area contributed by atoms with E-state index < -0.39 is 15.3 Å². The van der Waals surface area contributed by atoms with E-state index >= 15 is 0 Å². The van der Waals surface area contributed by atoms with Crippen molar-refractivity contribution in [1.82, 2.24) is 3.85 Å². The highest BCUT2D eigenvalue weighted by atomic mass is 32.2. The standard InChI is InChI=1S/C25H45NO4P2S/c1-6-8-20(15-19(7-2)25(30-5)24-14-9-21(24)16-27)17(3)18(4)33(28,29)26(31-22-10-11-22)32-23-12-13-23/h15-18,20-25,31-32H,6-14H2,1-5H3/b19-15+/t17-,18-,20?,21+,24-,25+/m1/s1. The van der Waals surface area contributed by atoms with Crippen LogP contribution in [0.3, 0.4) is 0 Å². The number of hydrogen-bond acceptors (Lipinski definition) is 4. The van der Waals surface area contributed by atoms with Crippen molar-refractivity contribution in [1.29, 1.82) is 0 Å². The van der Waals surface area contributed by atoms with Crippen molar-refractivity contribution >= 4 is 33.8 Å². The summed E-state index contributed by atoms with van der Waals surface area (Å²) in [6.07, 6.45) is 13.0. The molecule has 8 heteroatoms. The zero-order valence-electron chi connectivity index (χ0n) is 21.1. The van der Waals surface area contributed by atoms with Gasteiger partial charge in [-0.05, 0) is 110 Å². The van der Waals surface area contributed by atoms with E-state index in [1.807, 2.05) is 10.8 Å². The van der Waals surface area contributed by atoms with E-state index in [0.29, 0.717) is 28.8 Å². The van der Waals surface area contributed by atoms with Gasteiger partial charge in [0.15, 0.2) is 0 Å². The number of sulfonamides is 1. The third-order valence-electron chi connectivity index (χ3n) is 7.92. The molecule has 0 aliphatic heterocycles. The molecular formula is C25H45NO4P2S. The Labute approximate surface area is 206 Å². The molecule has 3 aliphatic rings. The van der Waals surface area contributed by atoms with Gasteiger partial charge in [0, 0.05) is 13.0 Å². The molecule has 3 rings (SSSR count). The van der Waals surface area contributed by atoms with Crippen molar-refractivity contribution in [2.45, 2.75) is 108 Å². The number of methoxy groups -OCH3 is 1. The first-order chi connectivity index (χ1) is 15.8. The van der Waals surface area contributed by atoms with Gasteiger partial charge in [-0.15, -0.1) is 0 Å². The Balaban J connectivity index is 1.78. The first-order valence-corrected chi connectivity index (χ1v) is 16.6. The van der Waals surface area contributed by atoms with Crippen molar-refractivity contribution in [2.75, 3.05) is 7.11 Å². The summed E-state index contributed by atoms with van der Waals surface area (Å²) < 4.78 is 35.3. The number of aldehydes is 1. The summed E-state index contributed by atoms with van der Waals surface area (Å²) in [6, 6.07) is 0. The van der Waals surface area contributed by atoms with Crippen LogP contribution in [0.1, 0.15) is 85.5 Å². The second-order valence-electron chi connectivity index (χ2n) is 10.4. The summed E-state index contributed by atoms with van der Waals surface area (Å²) in [7, 11) is -0.694. The lowest BCUT2D eigenvalue weighted by atomic mass is 9.69. The van der Waals surface area contributed by atoms with Gasteiger partial charge in [0.25, 0.3) is 0 Å². The largest absolute Gasteiger partial charge is 0.377 e. The van der Waals surface area contributed by atoms with E-state index in [9.17, 15) is 13.2 Å². The van der Waals surface area contributed by atoms with Gasteiger partial charge in [-0.3, -0.25) is 0 Å². The molecule has 3 fully saturated rings. The highest BCUT2D eigenvalue weighted by Gasteiger charge is 2.41. The van der Waals surface area contributed by atoms with Crippen LogP contribution < -0.4 is 0 Å². The molecule has 190 valence electrons. The average molecular weight is 518 g/mol. The normalized spacial score (nSPS) is 28.4. The predicted octanol–water partition coefficient (Wildman–Crippen LogP) is 6.15. The number of nitrogens with zero attached hydrogens (tertiary/aromatic N) is 1. The van der Waals surface area contributed by atoms with E-state index in [1.54, 1.807) is 7.11 Å². The van der Waals surface area contributed by atoms with Crippen LogP contribution in [0.4, 0.5) is 0 Å². The zero-order valence-corrected chi connectivity index (χ0v) is 23.9. The number of rotatable bonds is 16. The molecule has 3 unspecified atom stereocenters. The maximum Gasteiger partial charge on any atom is 0.223 e. The van der Waals surface area contributed by atoms with Crippen molar-refractivity contribution in [2.24, 2.45) is 23.7 Å². The summed E-state index contributed by atoms with van der Waals surface area (Å²) in [5, 5.41) is -0.395. The second kappa shape index (κ2) is 12.4. The number of ether oxygens (including phenoxy) is 1. The van der Waals surface area contributed by atoms with E-state index in [2.05, 4.69) is 26.8 Å². The lowest BCUT2D eigenvalue weighted by molar-refractivity contribution is -0.118. The lowest BCUT2D eigenvalue weighted by Crippen LogP contribution is -2.39. The monoisotopic (exact) mass is 517 g/mol. The van der Waals surface area contributed by atoms with Crippen LogP contribution >= 0.6 is 17.5 Å². The first-order valence-electron chi connectivity index (χ1n) is 13.0. The van der Waals surface area contributed by atoms with Crippen LogP contribution in [0.15, 0.2) is 11.6 Å².